The summed E-state index contributed by atoms with van der Waals surface area (Å²) in [6, 6.07) is 12.4. The second-order valence-corrected chi connectivity index (χ2v) is 7.20. The first-order chi connectivity index (χ1) is 12.9. The summed E-state index contributed by atoms with van der Waals surface area (Å²) in [6.45, 7) is 3.44. The summed E-state index contributed by atoms with van der Waals surface area (Å²) in [5, 5.41) is 0. The van der Waals surface area contributed by atoms with Crippen molar-refractivity contribution in [3.05, 3.63) is 59.7 Å². The van der Waals surface area contributed by atoms with Gasteiger partial charge in [0.05, 0.1) is 5.56 Å². The first kappa shape index (κ1) is 18.0. The number of hydrogen-bond donors (Lipinski definition) is 0. The molecule has 0 aliphatic carbocycles. The van der Waals surface area contributed by atoms with E-state index in [0.717, 1.165) is 32.1 Å². The monoisotopic (exact) mass is 374 g/mol. The number of rotatable bonds is 2. The van der Waals surface area contributed by atoms with Gasteiger partial charge >= 0.3 is 6.18 Å². The Labute approximate surface area is 156 Å². The smallest absolute Gasteiger partial charge is 0.336 e. The van der Waals surface area contributed by atoms with Gasteiger partial charge in [0.15, 0.2) is 0 Å². The van der Waals surface area contributed by atoms with Gasteiger partial charge in [0, 0.05) is 31.2 Å². The molecule has 2 aliphatic rings. The summed E-state index contributed by atoms with van der Waals surface area (Å²) in [5.41, 5.74) is 0.444. The maximum Gasteiger partial charge on any atom is 0.417 e. The van der Waals surface area contributed by atoms with E-state index in [0.29, 0.717) is 23.7 Å². The zero-order valence-corrected chi connectivity index (χ0v) is 14.9. The Morgan fingerprint density at radius 1 is 0.963 bits per heavy atom. The second kappa shape index (κ2) is 7.00. The van der Waals surface area contributed by atoms with Crippen molar-refractivity contribution in [2.45, 2.75) is 25.1 Å². The highest BCUT2D eigenvalue weighted by Crippen LogP contribution is 2.37. The fourth-order valence-corrected chi connectivity index (χ4v) is 4.13. The van der Waals surface area contributed by atoms with E-state index in [1.807, 2.05) is 4.90 Å². The number of benzene rings is 2. The summed E-state index contributed by atoms with van der Waals surface area (Å²) < 4.78 is 39.7. The number of alkyl halides is 3. The topological polar surface area (TPSA) is 23.6 Å². The van der Waals surface area contributed by atoms with E-state index in [1.165, 1.54) is 18.6 Å². The van der Waals surface area contributed by atoms with Crippen molar-refractivity contribution in [3.63, 3.8) is 0 Å². The molecular formula is C21H21F3N2O. The third kappa shape index (κ3) is 3.58. The predicted molar refractivity (Wildman–Crippen MR) is 97.4 cm³/mol. The van der Waals surface area contributed by atoms with Gasteiger partial charge < -0.3 is 4.90 Å². The highest BCUT2D eigenvalue weighted by atomic mass is 19.4. The lowest BCUT2D eigenvalue weighted by molar-refractivity contribution is -0.137. The van der Waals surface area contributed by atoms with Gasteiger partial charge in [-0.15, -0.1) is 0 Å². The van der Waals surface area contributed by atoms with Crippen LogP contribution in [-0.2, 0) is 6.18 Å². The van der Waals surface area contributed by atoms with Gasteiger partial charge in [-0.2, -0.15) is 13.2 Å². The third-order valence-electron chi connectivity index (χ3n) is 5.55. The standard InChI is InChI=1S/C21H21F3N2O/c22-21(23,24)19-6-2-1-5-18(19)15-7-9-16(10-8-15)20(27)26-13-12-25-11-3-4-17(25)14-26/h1-2,5-10,17H,3-4,11-14H2. The van der Waals surface area contributed by atoms with Crippen LogP contribution in [0.2, 0.25) is 0 Å². The van der Waals surface area contributed by atoms with Crippen LogP contribution in [-0.4, -0.2) is 47.9 Å². The largest absolute Gasteiger partial charge is 0.417 e. The van der Waals surface area contributed by atoms with Crippen LogP contribution in [0, 0.1) is 0 Å². The summed E-state index contributed by atoms with van der Waals surface area (Å²) in [5.74, 6) is -0.0443. The molecule has 2 fully saturated rings. The molecule has 0 bridgehead atoms. The molecule has 3 nitrogen and oxygen atoms in total. The van der Waals surface area contributed by atoms with Crippen LogP contribution in [0.3, 0.4) is 0 Å². The quantitative estimate of drug-likeness (QED) is 0.783. The Bertz CT molecular complexity index is 832. The number of fused-ring (bicyclic) bond motifs is 1. The number of piperazine rings is 1. The van der Waals surface area contributed by atoms with Crippen molar-refractivity contribution < 1.29 is 18.0 Å². The molecule has 4 rings (SSSR count). The van der Waals surface area contributed by atoms with Gasteiger partial charge in [-0.05, 0) is 48.7 Å². The predicted octanol–water partition coefficient (Wildman–Crippen LogP) is 4.29. The first-order valence-corrected chi connectivity index (χ1v) is 9.23. The number of nitrogens with zero attached hydrogens (tertiary/aromatic N) is 2. The van der Waals surface area contributed by atoms with Crippen LogP contribution in [0.15, 0.2) is 48.5 Å². The SMILES string of the molecule is O=C(c1ccc(-c2ccccc2C(F)(F)F)cc1)N1CCN2CCCC2C1. The van der Waals surface area contributed by atoms with Crippen LogP contribution in [0.1, 0.15) is 28.8 Å². The lowest BCUT2D eigenvalue weighted by Crippen LogP contribution is -2.52. The van der Waals surface area contributed by atoms with Crippen LogP contribution in [0.4, 0.5) is 13.2 Å². The first-order valence-electron chi connectivity index (χ1n) is 9.23. The van der Waals surface area contributed by atoms with Gasteiger partial charge in [-0.25, -0.2) is 0 Å². The van der Waals surface area contributed by atoms with Gasteiger partial charge in [0.1, 0.15) is 0 Å². The van der Waals surface area contributed by atoms with E-state index in [4.69, 9.17) is 0 Å². The van der Waals surface area contributed by atoms with Gasteiger partial charge in [-0.1, -0.05) is 30.3 Å². The highest BCUT2D eigenvalue weighted by molar-refractivity contribution is 5.95. The zero-order chi connectivity index (χ0) is 19.0. The normalized spacial score (nSPS) is 20.6. The van der Waals surface area contributed by atoms with E-state index in [1.54, 1.807) is 30.3 Å². The molecule has 0 saturated carbocycles. The maximum atomic E-state index is 13.2. The summed E-state index contributed by atoms with van der Waals surface area (Å²) in [6.07, 6.45) is -2.11. The van der Waals surface area contributed by atoms with Crippen LogP contribution >= 0.6 is 0 Å². The molecule has 1 amide bonds. The van der Waals surface area contributed by atoms with Crippen LogP contribution in [0.25, 0.3) is 11.1 Å². The lowest BCUT2D eigenvalue weighted by Gasteiger charge is -2.37. The molecule has 142 valence electrons. The molecular weight excluding hydrogens is 353 g/mol. The average Bonchev–Trinajstić information content (AvgIpc) is 3.15. The van der Waals surface area contributed by atoms with E-state index >= 15 is 0 Å². The van der Waals surface area contributed by atoms with Crippen molar-refractivity contribution in [3.8, 4) is 11.1 Å². The minimum atomic E-state index is -4.41. The van der Waals surface area contributed by atoms with Crippen molar-refractivity contribution >= 4 is 5.91 Å². The Kier molecular flexibility index (Phi) is 4.68. The maximum absolute atomic E-state index is 13.2. The fourth-order valence-electron chi connectivity index (χ4n) is 4.13. The van der Waals surface area contributed by atoms with Gasteiger partial charge in [-0.3, -0.25) is 9.69 Å². The lowest BCUT2D eigenvalue weighted by atomic mass is 9.98. The van der Waals surface area contributed by atoms with Crippen LogP contribution in [0.5, 0.6) is 0 Å². The summed E-state index contributed by atoms with van der Waals surface area (Å²) in [7, 11) is 0. The number of carbonyl (C=O) groups excluding carboxylic acids is 1. The Hall–Kier alpha value is -2.34. The molecule has 1 atom stereocenters. The molecule has 2 aromatic rings. The van der Waals surface area contributed by atoms with E-state index in [-0.39, 0.29) is 11.5 Å². The van der Waals surface area contributed by atoms with E-state index in [9.17, 15) is 18.0 Å². The average molecular weight is 374 g/mol. The Morgan fingerprint density at radius 2 is 1.70 bits per heavy atom. The Balaban J connectivity index is 1.54. The summed E-state index contributed by atoms with van der Waals surface area (Å²) >= 11 is 0. The molecule has 2 aliphatic heterocycles. The van der Waals surface area contributed by atoms with E-state index < -0.39 is 11.7 Å². The van der Waals surface area contributed by atoms with E-state index in [2.05, 4.69) is 4.90 Å². The number of hydrogen-bond acceptors (Lipinski definition) is 2. The molecule has 2 saturated heterocycles. The zero-order valence-electron chi connectivity index (χ0n) is 14.9. The van der Waals surface area contributed by atoms with Crippen molar-refractivity contribution in [2.75, 3.05) is 26.2 Å². The molecule has 2 heterocycles. The number of halogens is 3. The molecule has 0 N–H and O–H groups in total. The molecule has 0 radical (unpaired) electrons. The number of carbonyl (C=O) groups is 1. The fraction of sp³-hybridized carbons (Fsp3) is 0.381. The molecule has 2 aromatic carbocycles. The highest BCUT2D eigenvalue weighted by Gasteiger charge is 2.34. The molecule has 27 heavy (non-hydrogen) atoms. The Morgan fingerprint density at radius 3 is 2.44 bits per heavy atom. The molecule has 6 heteroatoms. The van der Waals surface area contributed by atoms with Gasteiger partial charge in [0.2, 0.25) is 0 Å². The number of amides is 1. The second-order valence-electron chi connectivity index (χ2n) is 7.20. The minimum absolute atomic E-state index is 0.0443. The molecule has 0 aromatic heterocycles. The third-order valence-corrected chi connectivity index (χ3v) is 5.55. The molecule has 1 unspecified atom stereocenters. The minimum Gasteiger partial charge on any atom is -0.336 e. The van der Waals surface area contributed by atoms with Crippen molar-refractivity contribution in [1.82, 2.24) is 9.80 Å². The van der Waals surface area contributed by atoms with Crippen LogP contribution < -0.4 is 0 Å². The molecule has 0 spiro atoms. The van der Waals surface area contributed by atoms with Crippen molar-refractivity contribution in [1.29, 1.82) is 0 Å². The summed E-state index contributed by atoms with van der Waals surface area (Å²) in [4.78, 5) is 17.1. The van der Waals surface area contributed by atoms with Crippen molar-refractivity contribution in [2.24, 2.45) is 0 Å². The van der Waals surface area contributed by atoms with Gasteiger partial charge in [0.25, 0.3) is 5.91 Å².